The van der Waals surface area contributed by atoms with Crippen LogP contribution in [0.1, 0.15) is 22.9 Å². The molecule has 0 radical (unpaired) electrons. The molecule has 0 saturated heterocycles. The number of halogens is 1. The lowest BCUT2D eigenvalue weighted by molar-refractivity contribution is 0.174. The smallest absolute Gasteiger partial charge is 0.139 e. The van der Waals surface area contributed by atoms with Crippen LogP contribution in [-0.2, 0) is 6.54 Å². The number of hydrogen-bond acceptors (Lipinski definition) is 3. The normalized spacial score (nSPS) is 12.7. The van der Waals surface area contributed by atoms with Crippen molar-refractivity contribution in [2.75, 3.05) is 6.54 Å². The Morgan fingerprint density at radius 2 is 2.05 bits per heavy atom. The molecular formula is C17H18ClN3O. The Balaban J connectivity index is 1.62. The van der Waals surface area contributed by atoms with E-state index >= 15 is 0 Å². The Labute approximate surface area is 134 Å². The van der Waals surface area contributed by atoms with Gasteiger partial charge in [0.15, 0.2) is 0 Å². The number of imidazole rings is 1. The van der Waals surface area contributed by atoms with Gasteiger partial charge in [0, 0.05) is 24.3 Å². The third-order valence-corrected chi connectivity index (χ3v) is 3.96. The first-order chi connectivity index (χ1) is 10.6. The van der Waals surface area contributed by atoms with E-state index in [1.165, 1.54) is 0 Å². The highest BCUT2D eigenvalue weighted by atomic mass is 35.5. The molecule has 1 atom stereocenters. The van der Waals surface area contributed by atoms with Gasteiger partial charge in [-0.05, 0) is 36.2 Å². The summed E-state index contributed by atoms with van der Waals surface area (Å²) in [7, 11) is 0. The SMILES string of the molecule is Cc1cccn2c(CNCC(O)c3ccc(Cl)cc3)cnc12. The molecule has 1 unspecified atom stereocenters. The summed E-state index contributed by atoms with van der Waals surface area (Å²) in [6, 6.07) is 11.3. The number of hydrogen-bond donors (Lipinski definition) is 2. The van der Waals surface area contributed by atoms with Crippen LogP contribution in [0.15, 0.2) is 48.8 Å². The van der Waals surface area contributed by atoms with Crippen LogP contribution < -0.4 is 5.32 Å². The lowest BCUT2D eigenvalue weighted by atomic mass is 10.1. The average Bonchev–Trinajstić information content (AvgIpc) is 2.93. The van der Waals surface area contributed by atoms with Crippen molar-refractivity contribution in [3.05, 3.63) is 70.6 Å². The minimum absolute atomic E-state index is 0.473. The molecule has 0 fully saturated rings. The van der Waals surface area contributed by atoms with Crippen LogP contribution in [-0.4, -0.2) is 21.0 Å². The van der Waals surface area contributed by atoms with Crippen LogP contribution in [0.4, 0.5) is 0 Å². The fourth-order valence-corrected chi connectivity index (χ4v) is 2.60. The Kier molecular flexibility index (Phi) is 4.43. The molecule has 0 saturated carbocycles. The van der Waals surface area contributed by atoms with Crippen LogP contribution in [0.3, 0.4) is 0 Å². The van der Waals surface area contributed by atoms with Crippen molar-refractivity contribution >= 4 is 17.2 Å². The van der Waals surface area contributed by atoms with E-state index in [1.807, 2.05) is 43.6 Å². The van der Waals surface area contributed by atoms with Crippen molar-refractivity contribution in [3.63, 3.8) is 0 Å². The van der Waals surface area contributed by atoms with Gasteiger partial charge in [0.1, 0.15) is 5.65 Å². The van der Waals surface area contributed by atoms with Crippen molar-refractivity contribution in [1.82, 2.24) is 14.7 Å². The zero-order chi connectivity index (χ0) is 15.5. The third-order valence-electron chi connectivity index (χ3n) is 3.71. The predicted octanol–water partition coefficient (Wildman–Crippen LogP) is 3.12. The van der Waals surface area contributed by atoms with Gasteiger partial charge in [-0.15, -0.1) is 0 Å². The molecule has 0 spiro atoms. The third kappa shape index (κ3) is 3.14. The lowest BCUT2D eigenvalue weighted by Crippen LogP contribution is -2.21. The highest BCUT2D eigenvalue weighted by molar-refractivity contribution is 6.30. The number of aliphatic hydroxyl groups excluding tert-OH is 1. The Hall–Kier alpha value is -1.88. The van der Waals surface area contributed by atoms with Gasteiger partial charge in [-0.3, -0.25) is 0 Å². The monoisotopic (exact) mass is 315 g/mol. The van der Waals surface area contributed by atoms with E-state index in [2.05, 4.69) is 14.7 Å². The van der Waals surface area contributed by atoms with Crippen LogP contribution in [0.25, 0.3) is 5.65 Å². The van der Waals surface area contributed by atoms with Gasteiger partial charge in [-0.1, -0.05) is 29.8 Å². The van der Waals surface area contributed by atoms with Gasteiger partial charge in [0.25, 0.3) is 0 Å². The summed E-state index contributed by atoms with van der Waals surface area (Å²) in [5.74, 6) is 0. The highest BCUT2D eigenvalue weighted by Crippen LogP contribution is 2.16. The Morgan fingerprint density at radius 1 is 1.27 bits per heavy atom. The maximum absolute atomic E-state index is 10.2. The maximum Gasteiger partial charge on any atom is 0.139 e. The van der Waals surface area contributed by atoms with Gasteiger partial charge in [-0.25, -0.2) is 4.98 Å². The molecule has 5 heteroatoms. The topological polar surface area (TPSA) is 49.6 Å². The number of aliphatic hydroxyl groups is 1. The van der Waals surface area contributed by atoms with E-state index in [0.29, 0.717) is 18.1 Å². The number of nitrogens with one attached hydrogen (secondary N) is 1. The zero-order valence-corrected chi connectivity index (χ0v) is 13.1. The molecule has 2 aromatic heterocycles. The number of rotatable bonds is 5. The molecule has 2 N–H and O–H groups in total. The summed E-state index contributed by atoms with van der Waals surface area (Å²) in [6.45, 7) is 3.17. The second-order valence-electron chi connectivity index (χ2n) is 5.33. The van der Waals surface area contributed by atoms with Crippen molar-refractivity contribution in [1.29, 1.82) is 0 Å². The van der Waals surface area contributed by atoms with Gasteiger partial charge in [0.2, 0.25) is 0 Å². The lowest BCUT2D eigenvalue weighted by Gasteiger charge is -2.12. The molecule has 0 amide bonds. The van der Waals surface area contributed by atoms with E-state index < -0.39 is 6.10 Å². The summed E-state index contributed by atoms with van der Waals surface area (Å²) in [5, 5.41) is 14.1. The maximum atomic E-state index is 10.2. The molecule has 1 aromatic carbocycles. The molecule has 3 aromatic rings. The Bertz CT molecular complexity index is 767. The molecule has 0 aliphatic rings. The number of aromatic nitrogens is 2. The molecule has 3 rings (SSSR count). The standard InChI is InChI=1S/C17H18ClN3O/c1-12-3-2-8-21-15(10-20-17(12)21)9-19-11-16(22)13-4-6-14(18)7-5-13/h2-8,10,16,19,22H,9,11H2,1H3. The van der Waals surface area contributed by atoms with E-state index in [9.17, 15) is 5.11 Å². The summed E-state index contributed by atoms with van der Waals surface area (Å²) in [5.41, 5.74) is 4.04. The number of fused-ring (bicyclic) bond motifs is 1. The van der Waals surface area contributed by atoms with E-state index in [4.69, 9.17) is 11.6 Å². The summed E-state index contributed by atoms with van der Waals surface area (Å²) in [6.07, 6.45) is 3.31. The quantitative estimate of drug-likeness (QED) is 0.760. The van der Waals surface area contributed by atoms with Gasteiger partial charge >= 0.3 is 0 Å². The summed E-state index contributed by atoms with van der Waals surface area (Å²) in [4.78, 5) is 4.43. The van der Waals surface area contributed by atoms with E-state index in [0.717, 1.165) is 22.5 Å². The average molecular weight is 316 g/mol. The van der Waals surface area contributed by atoms with Crippen LogP contribution in [0, 0.1) is 6.92 Å². The van der Waals surface area contributed by atoms with Crippen molar-refractivity contribution < 1.29 is 5.11 Å². The largest absolute Gasteiger partial charge is 0.387 e. The minimum atomic E-state index is -0.557. The van der Waals surface area contributed by atoms with Gasteiger partial charge in [0.05, 0.1) is 18.0 Å². The van der Waals surface area contributed by atoms with Crippen LogP contribution >= 0.6 is 11.6 Å². The first-order valence-corrected chi connectivity index (χ1v) is 7.59. The fourth-order valence-electron chi connectivity index (χ4n) is 2.47. The number of benzene rings is 1. The molecule has 2 heterocycles. The van der Waals surface area contributed by atoms with Crippen LogP contribution in [0.5, 0.6) is 0 Å². The van der Waals surface area contributed by atoms with E-state index in [-0.39, 0.29) is 0 Å². The number of pyridine rings is 1. The minimum Gasteiger partial charge on any atom is -0.387 e. The number of aryl methyl sites for hydroxylation is 1. The molecule has 22 heavy (non-hydrogen) atoms. The van der Waals surface area contributed by atoms with Crippen molar-refractivity contribution in [3.8, 4) is 0 Å². The molecular weight excluding hydrogens is 298 g/mol. The second kappa shape index (κ2) is 6.48. The van der Waals surface area contributed by atoms with Crippen molar-refractivity contribution in [2.45, 2.75) is 19.6 Å². The van der Waals surface area contributed by atoms with E-state index in [1.54, 1.807) is 12.1 Å². The fraction of sp³-hybridized carbons (Fsp3) is 0.235. The van der Waals surface area contributed by atoms with Crippen molar-refractivity contribution in [2.24, 2.45) is 0 Å². The van der Waals surface area contributed by atoms with Crippen LogP contribution in [0.2, 0.25) is 5.02 Å². The highest BCUT2D eigenvalue weighted by Gasteiger charge is 2.08. The summed E-state index contributed by atoms with van der Waals surface area (Å²) >= 11 is 5.85. The second-order valence-corrected chi connectivity index (χ2v) is 5.77. The first kappa shape index (κ1) is 15.0. The first-order valence-electron chi connectivity index (χ1n) is 7.21. The molecule has 0 bridgehead atoms. The molecule has 4 nitrogen and oxygen atoms in total. The predicted molar refractivity (Wildman–Crippen MR) is 88.0 cm³/mol. The number of nitrogens with zero attached hydrogens (tertiary/aromatic N) is 2. The molecule has 0 aliphatic carbocycles. The van der Waals surface area contributed by atoms with Gasteiger partial charge in [-0.2, -0.15) is 0 Å². The Morgan fingerprint density at radius 3 is 2.82 bits per heavy atom. The molecule has 114 valence electrons. The van der Waals surface area contributed by atoms with Gasteiger partial charge < -0.3 is 14.8 Å². The molecule has 0 aliphatic heterocycles. The summed E-state index contributed by atoms with van der Waals surface area (Å²) < 4.78 is 2.07. The zero-order valence-electron chi connectivity index (χ0n) is 12.3.